The molecular weight excluding hydrogens is 458 g/mol. The zero-order valence-electron chi connectivity index (χ0n) is 19.1. The third kappa shape index (κ3) is 2.87. The first-order valence-electron chi connectivity index (χ1n) is 11.4. The summed E-state index contributed by atoms with van der Waals surface area (Å²) in [6.45, 7) is 0. The minimum atomic E-state index is 0.683. The van der Waals surface area contributed by atoms with Gasteiger partial charge in [0.1, 0.15) is 22.7 Å². The molecule has 170 valence electrons. The summed E-state index contributed by atoms with van der Waals surface area (Å²) < 4.78 is 19.4. The number of aromatic nitrogens is 1. The van der Waals surface area contributed by atoms with Gasteiger partial charge in [-0.2, -0.15) is 0 Å². The number of nitrogens with zero attached hydrogens (tertiary/aromatic N) is 1. The standard InChI is InChI=1S/C30H20ClNO3/c1-33-20-9-10-21-23-14-18-13-19(8-7-17(18)15-27(23)35-28(21)16-20)32-25-6-4-3-5-22(25)29-26(34-2)12-11-24(31)30(29)32/h3-16H,1-2H3. The lowest BCUT2D eigenvalue weighted by atomic mass is 10.1. The highest BCUT2D eigenvalue weighted by Gasteiger charge is 2.19. The van der Waals surface area contributed by atoms with Crippen LogP contribution in [0.15, 0.2) is 89.3 Å². The molecule has 0 spiro atoms. The van der Waals surface area contributed by atoms with Crippen LogP contribution in [0, 0.1) is 0 Å². The van der Waals surface area contributed by atoms with E-state index in [1.165, 1.54) is 0 Å². The van der Waals surface area contributed by atoms with Crippen LogP contribution in [0.25, 0.3) is 60.2 Å². The van der Waals surface area contributed by atoms with E-state index in [2.05, 4.69) is 59.2 Å². The Hall–Kier alpha value is -4.15. The van der Waals surface area contributed by atoms with E-state index in [0.717, 1.165) is 71.7 Å². The van der Waals surface area contributed by atoms with Crippen molar-refractivity contribution in [3.8, 4) is 17.2 Å². The molecule has 2 heterocycles. The van der Waals surface area contributed by atoms with Crippen LogP contribution >= 0.6 is 11.6 Å². The molecule has 0 N–H and O–H groups in total. The lowest BCUT2D eigenvalue weighted by Crippen LogP contribution is -1.95. The molecule has 0 amide bonds. The molecule has 35 heavy (non-hydrogen) atoms. The van der Waals surface area contributed by atoms with Crippen molar-refractivity contribution >= 4 is 66.1 Å². The van der Waals surface area contributed by atoms with Gasteiger partial charge in [0.2, 0.25) is 0 Å². The van der Waals surface area contributed by atoms with Crippen LogP contribution in [0.4, 0.5) is 0 Å². The Morgan fingerprint density at radius 3 is 2.43 bits per heavy atom. The molecule has 0 bridgehead atoms. The fraction of sp³-hybridized carbons (Fsp3) is 0.0667. The second-order valence-electron chi connectivity index (χ2n) is 8.67. The van der Waals surface area contributed by atoms with E-state index in [0.29, 0.717) is 5.02 Å². The van der Waals surface area contributed by atoms with Crippen molar-refractivity contribution in [2.75, 3.05) is 14.2 Å². The second kappa shape index (κ2) is 7.42. The highest BCUT2D eigenvalue weighted by Crippen LogP contribution is 2.42. The summed E-state index contributed by atoms with van der Waals surface area (Å²) in [5.41, 5.74) is 4.73. The van der Waals surface area contributed by atoms with Crippen molar-refractivity contribution in [3.63, 3.8) is 0 Å². The number of fused-ring (bicyclic) bond motifs is 7. The van der Waals surface area contributed by atoms with Crippen LogP contribution < -0.4 is 9.47 Å². The maximum atomic E-state index is 6.79. The van der Waals surface area contributed by atoms with E-state index >= 15 is 0 Å². The summed E-state index contributed by atoms with van der Waals surface area (Å²) in [5.74, 6) is 1.59. The SMILES string of the molecule is COc1ccc2c(c1)oc1cc3ccc(-n4c5ccccc5c5c(OC)ccc(Cl)c54)cc3cc12. The highest BCUT2D eigenvalue weighted by molar-refractivity contribution is 6.37. The maximum absolute atomic E-state index is 6.79. The Labute approximate surface area is 205 Å². The van der Waals surface area contributed by atoms with Gasteiger partial charge in [-0.05, 0) is 65.4 Å². The summed E-state index contributed by atoms with van der Waals surface area (Å²) in [6, 6.07) is 28.9. The number of rotatable bonds is 3. The molecule has 0 aliphatic rings. The number of furan rings is 1. The summed E-state index contributed by atoms with van der Waals surface area (Å²) in [6.07, 6.45) is 0. The number of hydrogen-bond acceptors (Lipinski definition) is 3. The van der Waals surface area contributed by atoms with Crippen molar-refractivity contribution in [2.24, 2.45) is 0 Å². The largest absolute Gasteiger partial charge is 0.497 e. The molecule has 0 atom stereocenters. The van der Waals surface area contributed by atoms with Gasteiger partial charge in [0.05, 0.1) is 35.7 Å². The molecule has 0 fully saturated rings. The quantitative estimate of drug-likeness (QED) is 0.256. The van der Waals surface area contributed by atoms with Crippen molar-refractivity contribution in [1.29, 1.82) is 0 Å². The van der Waals surface area contributed by atoms with Gasteiger partial charge in [0, 0.05) is 27.9 Å². The third-order valence-electron chi connectivity index (χ3n) is 6.83. The normalized spacial score (nSPS) is 11.9. The number of hydrogen-bond donors (Lipinski definition) is 0. The van der Waals surface area contributed by atoms with Gasteiger partial charge in [0.25, 0.3) is 0 Å². The summed E-state index contributed by atoms with van der Waals surface area (Å²) in [4.78, 5) is 0. The molecule has 0 aliphatic heterocycles. The van der Waals surface area contributed by atoms with Gasteiger partial charge in [-0.15, -0.1) is 0 Å². The van der Waals surface area contributed by atoms with Gasteiger partial charge >= 0.3 is 0 Å². The number of benzene rings is 5. The predicted octanol–water partition coefficient (Wildman–Crippen LogP) is 8.51. The molecule has 5 aromatic carbocycles. The van der Waals surface area contributed by atoms with Gasteiger partial charge in [-0.25, -0.2) is 0 Å². The minimum Gasteiger partial charge on any atom is -0.497 e. The predicted molar refractivity (Wildman–Crippen MR) is 144 cm³/mol. The summed E-state index contributed by atoms with van der Waals surface area (Å²) >= 11 is 6.79. The average Bonchev–Trinajstić information content (AvgIpc) is 3.43. The van der Waals surface area contributed by atoms with Crippen LogP contribution in [0.5, 0.6) is 11.5 Å². The van der Waals surface area contributed by atoms with Crippen molar-refractivity contribution < 1.29 is 13.9 Å². The van der Waals surface area contributed by atoms with Crippen LogP contribution in [-0.2, 0) is 0 Å². The summed E-state index contributed by atoms with van der Waals surface area (Å²) in [5, 5.41) is 7.18. The first-order chi connectivity index (χ1) is 17.2. The number of ether oxygens (including phenoxy) is 2. The van der Waals surface area contributed by atoms with E-state index in [4.69, 9.17) is 25.5 Å². The lowest BCUT2D eigenvalue weighted by molar-refractivity contribution is 0.414. The van der Waals surface area contributed by atoms with Gasteiger partial charge < -0.3 is 18.5 Å². The van der Waals surface area contributed by atoms with Crippen LogP contribution in [0.1, 0.15) is 0 Å². The maximum Gasteiger partial charge on any atom is 0.139 e. The molecule has 4 nitrogen and oxygen atoms in total. The van der Waals surface area contributed by atoms with Crippen molar-refractivity contribution in [3.05, 3.63) is 90.0 Å². The Morgan fingerprint density at radius 1 is 0.714 bits per heavy atom. The first kappa shape index (κ1) is 20.2. The zero-order chi connectivity index (χ0) is 23.7. The molecule has 7 aromatic rings. The van der Waals surface area contributed by atoms with E-state index < -0.39 is 0 Å². The Bertz CT molecular complexity index is 1950. The molecule has 7 rings (SSSR count). The zero-order valence-corrected chi connectivity index (χ0v) is 19.9. The molecule has 0 saturated heterocycles. The minimum absolute atomic E-state index is 0.683. The van der Waals surface area contributed by atoms with Gasteiger partial charge in [-0.3, -0.25) is 0 Å². The van der Waals surface area contributed by atoms with E-state index in [-0.39, 0.29) is 0 Å². The molecule has 5 heteroatoms. The Morgan fingerprint density at radius 2 is 1.57 bits per heavy atom. The van der Waals surface area contributed by atoms with Crippen LogP contribution in [-0.4, -0.2) is 18.8 Å². The monoisotopic (exact) mass is 477 g/mol. The molecule has 0 unspecified atom stereocenters. The topological polar surface area (TPSA) is 36.5 Å². The van der Waals surface area contributed by atoms with E-state index in [1.807, 2.05) is 30.3 Å². The van der Waals surface area contributed by atoms with Crippen LogP contribution in [0.2, 0.25) is 5.02 Å². The lowest BCUT2D eigenvalue weighted by Gasteiger charge is -2.11. The Kier molecular flexibility index (Phi) is 4.29. The van der Waals surface area contributed by atoms with Gasteiger partial charge in [-0.1, -0.05) is 35.9 Å². The molecule has 0 saturated carbocycles. The molecular formula is C30H20ClNO3. The fourth-order valence-corrected chi connectivity index (χ4v) is 5.46. The number of halogens is 1. The van der Waals surface area contributed by atoms with Crippen molar-refractivity contribution in [2.45, 2.75) is 0 Å². The smallest absolute Gasteiger partial charge is 0.139 e. The Balaban J connectivity index is 1.54. The molecule has 0 aliphatic carbocycles. The molecule has 0 radical (unpaired) electrons. The highest BCUT2D eigenvalue weighted by atomic mass is 35.5. The first-order valence-corrected chi connectivity index (χ1v) is 11.7. The van der Waals surface area contributed by atoms with E-state index in [1.54, 1.807) is 14.2 Å². The van der Waals surface area contributed by atoms with Gasteiger partial charge in [0.15, 0.2) is 0 Å². The van der Waals surface area contributed by atoms with Crippen LogP contribution in [0.3, 0.4) is 0 Å². The fourth-order valence-electron chi connectivity index (χ4n) is 5.22. The number of para-hydroxylation sites is 1. The second-order valence-corrected chi connectivity index (χ2v) is 9.08. The van der Waals surface area contributed by atoms with E-state index in [9.17, 15) is 0 Å². The third-order valence-corrected chi connectivity index (χ3v) is 7.13. The van der Waals surface area contributed by atoms with Crippen molar-refractivity contribution in [1.82, 2.24) is 4.57 Å². The average molecular weight is 478 g/mol. The molecule has 2 aromatic heterocycles. The number of methoxy groups -OCH3 is 2. The summed E-state index contributed by atoms with van der Waals surface area (Å²) in [7, 11) is 3.36.